The molecular weight excluding hydrogens is 162 g/mol. The van der Waals surface area contributed by atoms with Crippen LogP contribution >= 0.6 is 11.6 Å². The predicted octanol–water partition coefficient (Wildman–Crippen LogP) is 1.74. The number of halogens is 1. The van der Waals surface area contributed by atoms with Crippen molar-refractivity contribution in [3.05, 3.63) is 30.1 Å². The van der Waals surface area contributed by atoms with Crippen molar-refractivity contribution in [3.63, 3.8) is 0 Å². The summed E-state index contributed by atoms with van der Waals surface area (Å²) in [6.45, 7) is 1.74. The van der Waals surface area contributed by atoms with Crippen molar-refractivity contribution in [1.29, 1.82) is 0 Å². The van der Waals surface area contributed by atoms with E-state index < -0.39 is 6.10 Å². The minimum absolute atomic E-state index is 0.301. The second-order valence-corrected chi connectivity index (χ2v) is 3.07. The van der Waals surface area contributed by atoms with E-state index in [2.05, 4.69) is 4.98 Å². The lowest BCUT2D eigenvalue weighted by Gasteiger charge is -2.10. The van der Waals surface area contributed by atoms with Crippen molar-refractivity contribution < 1.29 is 5.11 Å². The molecule has 0 spiro atoms. The predicted molar refractivity (Wildman–Crippen MR) is 44.5 cm³/mol. The van der Waals surface area contributed by atoms with E-state index in [1.165, 1.54) is 0 Å². The summed E-state index contributed by atoms with van der Waals surface area (Å²) >= 11 is 5.67. The largest absolute Gasteiger partial charge is 0.385 e. The number of hydrogen-bond donors (Lipinski definition) is 1. The topological polar surface area (TPSA) is 33.1 Å². The Kier molecular flexibility index (Phi) is 2.85. The molecule has 1 aromatic heterocycles. The van der Waals surface area contributed by atoms with Crippen LogP contribution in [0.1, 0.15) is 18.7 Å². The number of hydrogen-bond acceptors (Lipinski definition) is 2. The van der Waals surface area contributed by atoms with Crippen molar-refractivity contribution in [2.75, 3.05) is 0 Å². The molecule has 1 heterocycles. The number of aliphatic hydroxyl groups is 1. The van der Waals surface area contributed by atoms with Gasteiger partial charge in [-0.2, -0.15) is 0 Å². The minimum Gasteiger partial charge on any atom is -0.385 e. The maximum Gasteiger partial charge on any atom is 0.112 e. The van der Waals surface area contributed by atoms with E-state index in [0.717, 1.165) is 0 Å². The van der Waals surface area contributed by atoms with Gasteiger partial charge < -0.3 is 5.11 Å². The van der Waals surface area contributed by atoms with Gasteiger partial charge in [0, 0.05) is 6.20 Å². The van der Waals surface area contributed by atoms with Crippen LogP contribution in [0.15, 0.2) is 24.4 Å². The number of alkyl halides is 1. The van der Waals surface area contributed by atoms with Crippen molar-refractivity contribution in [1.82, 2.24) is 4.98 Å². The van der Waals surface area contributed by atoms with Gasteiger partial charge in [-0.05, 0) is 19.1 Å². The van der Waals surface area contributed by atoms with Gasteiger partial charge in [0.25, 0.3) is 0 Å². The standard InChI is InChI=1S/C8H10ClNO/c1-6(9)8(11)7-4-2-3-5-10-7/h2-6,8,11H,1H3. The Bertz CT molecular complexity index is 213. The molecular formula is C8H10ClNO. The maximum absolute atomic E-state index is 9.40. The van der Waals surface area contributed by atoms with E-state index in [4.69, 9.17) is 11.6 Å². The molecule has 2 unspecified atom stereocenters. The Labute approximate surface area is 70.8 Å². The highest BCUT2D eigenvalue weighted by atomic mass is 35.5. The quantitative estimate of drug-likeness (QED) is 0.688. The van der Waals surface area contributed by atoms with Gasteiger partial charge in [-0.3, -0.25) is 4.98 Å². The summed E-state index contributed by atoms with van der Waals surface area (Å²) in [4.78, 5) is 3.97. The summed E-state index contributed by atoms with van der Waals surface area (Å²) < 4.78 is 0. The van der Waals surface area contributed by atoms with E-state index >= 15 is 0 Å². The summed E-state index contributed by atoms with van der Waals surface area (Å²) in [6, 6.07) is 5.38. The van der Waals surface area contributed by atoms with Gasteiger partial charge in [0.1, 0.15) is 6.10 Å². The second kappa shape index (κ2) is 3.69. The zero-order valence-electron chi connectivity index (χ0n) is 6.24. The van der Waals surface area contributed by atoms with Crippen LogP contribution < -0.4 is 0 Å². The molecule has 0 aliphatic carbocycles. The number of pyridine rings is 1. The van der Waals surface area contributed by atoms with Crippen LogP contribution in [0.2, 0.25) is 0 Å². The summed E-state index contributed by atoms with van der Waals surface area (Å²) in [5, 5.41) is 9.10. The number of nitrogens with zero attached hydrogens (tertiary/aromatic N) is 1. The van der Waals surface area contributed by atoms with Gasteiger partial charge in [0.15, 0.2) is 0 Å². The molecule has 0 aliphatic rings. The summed E-state index contributed by atoms with van der Waals surface area (Å²) in [5.41, 5.74) is 0.620. The molecule has 0 aliphatic heterocycles. The Morgan fingerprint density at radius 1 is 1.55 bits per heavy atom. The Morgan fingerprint density at radius 2 is 2.27 bits per heavy atom. The average Bonchev–Trinajstić information content (AvgIpc) is 2.05. The number of aliphatic hydroxyl groups excluding tert-OH is 1. The summed E-state index contributed by atoms with van der Waals surface area (Å²) in [7, 11) is 0. The van der Waals surface area contributed by atoms with E-state index in [1.807, 2.05) is 6.07 Å². The third-order valence-electron chi connectivity index (χ3n) is 1.43. The molecule has 0 radical (unpaired) electrons. The van der Waals surface area contributed by atoms with Crippen LogP contribution in [0.3, 0.4) is 0 Å². The van der Waals surface area contributed by atoms with Crippen LogP contribution in [0.25, 0.3) is 0 Å². The normalized spacial score (nSPS) is 15.9. The third kappa shape index (κ3) is 2.17. The summed E-state index contributed by atoms with van der Waals surface area (Å²) in [5.74, 6) is 0. The molecule has 0 saturated heterocycles. The summed E-state index contributed by atoms with van der Waals surface area (Å²) in [6.07, 6.45) is 0.968. The smallest absolute Gasteiger partial charge is 0.112 e. The molecule has 1 aromatic rings. The van der Waals surface area contributed by atoms with Gasteiger partial charge in [-0.25, -0.2) is 0 Å². The zero-order valence-corrected chi connectivity index (χ0v) is 6.99. The fourth-order valence-electron chi connectivity index (χ4n) is 0.786. The average molecular weight is 172 g/mol. The van der Waals surface area contributed by atoms with Crippen molar-refractivity contribution in [2.45, 2.75) is 18.4 Å². The fraction of sp³-hybridized carbons (Fsp3) is 0.375. The first-order chi connectivity index (χ1) is 5.22. The molecule has 1 N–H and O–H groups in total. The first kappa shape index (κ1) is 8.50. The SMILES string of the molecule is CC(Cl)C(O)c1ccccn1. The zero-order chi connectivity index (χ0) is 8.27. The monoisotopic (exact) mass is 171 g/mol. The Morgan fingerprint density at radius 3 is 2.73 bits per heavy atom. The number of rotatable bonds is 2. The van der Waals surface area contributed by atoms with Crippen LogP contribution in [0.5, 0.6) is 0 Å². The van der Waals surface area contributed by atoms with Gasteiger partial charge >= 0.3 is 0 Å². The lowest BCUT2D eigenvalue weighted by Crippen LogP contribution is -2.09. The van der Waals surface area contributed by atoms with E-state index in [0.29, 0.717) is 5.69 Å². The first-order valence-corrected chi connectivity index (χ1v) is 3.88. The number of aromatic nitrogens is 1. The lowest BCUT2D eigenvalue weighted by atomic mass is 10.2. The van der Waals surface area contributed by atoms with Crippen molar-refractivity contribution >= 4 is 11.6 Å². The molecule has 3 heteroatoms. The molecule has 0 bridgehead atoms. The van der Waals surface area contributed by atoms with E-state index in [1.54, 1.807) is 25.3 Å². The van der Waals surface area contributed by atoms with Crippen LogP contribution in [0.4, 0.5) is 0 Å². The van der Waals surface area contributed by atoms with E-state index in [-0.39, 0.29) is 5.38 Å². The fourth-order valence-corrected chi connectivity index (χ4v) is 0.915. The molecule has 11 heavy (non-hydrogen) atoms. The molecule has 0 aromatic carbocycles. The van der Waals surface area contributed by atoms with Crippen LogP contribution in [-0.4, -0.2) is 15.5 Å². The van der Waals surface area contributed by atoms with Crippen molar-refractivity contribution in [2.24, 2.45) is 0 Å². The van der Waals surface area contributed by atoms with Gasteiger partial charge in [-0.15, -0.1) is 11.6 Å². The van der Waals surface area contributed by atoms with Crippen molar-refractivity contribution in [3.8, 4) is 0 Å². The third-order valence-corrected chi connectivity index (χ3v) is 1.66. The molecule has 0 amide bonds. The van der Waals surface area contributed by atoms with Crippen LogP contribution in [0, 0.1) is 0 Å². The Balaban J connectivity index is 2.77. The van der Waals surface area contributed by atoms with E-state index in [9.17, 15) is 5.11 Å². The molecule has 0 fully saturated rings. The minimum atomic E-state index is -0.669. The van der Waals surface area contributed by atoms with Gasteiger partial charge in [0.05, 0.1) is 11.1 Å². The highest BCUT2D eigenvalue weighted by molar-refractivity contribution is 6.20. The molecule has 1 rings (SSSR count). The highest BCUT2D eigenvalue weighted by Gasteiger charge is 2.13. The highest BCUT2D eigenvalue weighted by Crippen LogP contribution is 2.17. The molecule has 2 atom stereocenters. The molecule has 0 saturated carbocycles. The maximum atomic E-state index is 9.40. The Hall–Kier alpha value is -0.600. The van der Waals surface area contributed by atoms with Gasteiger partial charge in [0.2, 0.25) is 0 Å². The van der Waals surface area contributed by atoms with Gasteiger partial charge in [-0.1, -0.05) is 6.07 Å². The first-order valence-electron chi connectivity index (χ1n) is 3.45. The second-order valence-electron chi connectivity index (χ2n) is 2.38. The lowest BCUT2D eigenvalue weighted by molar-refractivity contribution is 0.172. The molecule has 60 valence electrons. The van der Waals surface area contributed by atoms with Crippen LogP contribution in [-0.2, 0) is 0 Å². The molecule has 2 nitrogen and oxygen atoms in total.